The van der Waals surface area contributed by atoms with Crippen LogP contribution in [-0.4, -0.2) is 19.1 Å². The third-order valence-corrected chi connectivity index (χ3v) is 4.27. The smallest absolute Gasteiger partial charge is 0.257 e. The molecule has 0 aromatic heterocycles. The Morgan fingerprint density at radius 2 is 2.00 bits per heavy atom. The fraction of sp³-hybridized carbons (Fsp3) is 0.588. The first-order valence-electron chi connectivity index (χ1n) is 7.86. The second-order valence-electron chi connectivity index (χ2n) is 6.03. The van der Waals surface area contributed by atoms with E-state index in [0.717, 1.165) is 18.0 Å². The first-order chi connectivity index (χ1) is 10.2. The number of nitrogens with two attached hydrogens (primary N) is 1. The summed E-state index contributed by atoms with van der Waals surface area (Å²) < 4.78 is 5.55. The highest BCUT2D eigenvalue weighted by Crippen LogP contribution is 2.27. The van der Waals surface area contributed by atoms with Crippen LogP contribution in [0.2, 0.25) is 0 Å². The molecule has 4 heteroatoms. The van der Waals surface area contributed by atoms with E-state index >= 15 is 0 Å². The van der Waals surface area contributed by atoms with E-state index in [4.69, 9.17) is 10.5 Å². The number of hydrogen-bond acceptors (Lipinski definition) is 3. The topological polar surface area (TPSA) is 64.3 Å². The van der Waals surface area contributed by atoms with Crippen LogP contribution in [0.4, 0.5) is 0 Å². The van der Waals surface area contributed by atoms with Crippen molar-refractivity contribution in [1.82, 2.24) is 5.32 Å². The third-order valence-electron chi connectivity index (χ3n) is 4.27. The lowest BCUT2D eigenvalue weighted by Gasteiger charge is -2.26. The van der Waals surface area contributed by atoms with E-state index in [9.17, 15) is 4.79 Å². The Bertz CT molecular complexity index is 454. The number of nitrogens with one attached hydrogen (secondary N) is 1. The lowest BCUT2D eigenvalue weighted by atomic mass is 9.83. The molecular formula is C17H26N2O2. The predicted octanol–water partition coefficient (Wildman–Crippen LogP) is 2.47. The van der Waals surface area contributed by atoms with E-state index in [1.807, 2.05) is 24.3 Å². The lowest BCUT2D eigenvalue weighted by Crippen LogP contribution is -2.34. The van der Waals surface area contributed by atoms with Crippen LogP contribution in [0.3, 0.4) is 0 Å². The molecule has 1 aliphatic rings. The van der Waals surface area contributed by atoms with Crippen molar-refractivity contribution in [2.75, 3.05) is 13.2 Å². The first kappa shape index (κ1) is 15.8. The zero-order chi connectivity index (χ0) is 15.1. The highest BCUT2D eigenvalue weighted by atomic mass is 16.5. The van der Waals surface area contributed by atoms with Crippen LogP contribution >= 0.6 is 0 Å². The maximum absolute atomic E-state index is 11.9. The molecule has 4 nitrogen and oxygen atoms in total. The Balaban J connectivity index is 1.70. The maximum Gasteiger partial charge on any atom is 0.257 e. The van der Waals surface area contributed by atoms with Crippen molar-refractivity contribution >= 4 is 5.91 Å². The van der Waals surface area contributed by atoms with Gasteiger partial charge >= 0.3 is 0 Å². The summed E-state index contributed by atoms with van der Waals surface area (Å²) in [4.78, 5) is 11.9. The number of ether oxygens (including phenoxy) is 1. The van der Waals surface area contributed by atoms with Crippen LogP contribution in [-0.2, 0) is 11.3 Å². The highest BCUT2D eigenvalue weighted by molar-refractivity contribution is 5.77. The quantitative estimate of drug-likeness (QED) is 0.846. The normalized spacial score (nSPS) is 21.8. The van der Waals surface area contributed by atoms with Crippen LogP contribution in [0, 0.1) is 11.8 Å². The molecule has 1 aromatic rings. The monoisotopic (exact) mass is 290 g/mol. The molecule has 0 spiro atoms. The fourth-order valence-electron chi connectivity index (χ4n) is 2.80. The Hall–Kier alpha value is -1.55. The molecule has 0 atom stereocenters. The van der Waals surface area contributed by atoms with Crippen LogP contribution in [0.25, 0.3) is 0 Å². The summed E-state index contributed by atoms with van der Waals surface area (Å²) in [5.41, 5.74) is 6.57. The number of carbonyl (C=O) groups excluding carboxylic acids is 1. The summed E-state index contributed by atoms with van der Waals surface area (Å²) in [7, 11) is 0. The number of amides is 1. The number of hydrogen-bond donors (Lipinski definition) is 2. The highest BCUT2D eigenvalue weighted by Gasteiger charge is 2.18. The van der Waals surface area contributed by atoms with Crippen molar-refractivity contribution in [3.63, 3.8) is 0 Å². The van der Waals surface area contributed by atoms with Crippen molar-refractivity contribution in [2.24, 2.45) is 17.6 Å². The number of benzene rings is 1. The first-order valence-corrected chi connectivity index (χ1v) is 7.86. The van der Waals surface area contributed by atoms with E-state index in [1.54, 1.807) is 0 Å². The summed E-state index contributed by atoms with van der Waals surface area (Å²) in [5, 5.41) is 2.98. The molecule has 0 unspecified atom stereocenters. The standard InChI is InChI=1S/C17H26N2O2/c1-13-6-8-14(9-7-13)11-19-17(20)12-21-16-5-3-2-4-15(16)10-18/h2-5,13-14H,6-12,18H2,1H3,(H,19,20). The molecular weight excluding hydrogens is 264 g/mol. The van der Waals surface area contributed by atoms with Crippen molar-refractivity contribution in [3.05, 3.63) is 29.8 Å². The van der Waals surface area contributed by atoms with Crippen molar-refractivity contribution in [3.8, 4) is 5.75 Å². The summed E-state index contributed by atoms with van der Waals surface area (Å²) in [6.45, 7) is 3.54. The van der Waals surface area contributed by atoms with Gasteiger partial charge in [-0.05, 0) is 30.7 Å². The average Bonchev–Trinajstić information content (AvgIpc) is 2.52. The number of rotatable bonds is 6. The zero-order valence-electron chi connectivity index (χ0n) is 12.8. The Labute approximate surface area is 127 Å². The average molecular weight is 290 g/mol. The second-order valence-corrected chi connectivity index (χ2v) is 6.03. The number of carbonyl (C=O) groups is 1. The molecule has 0 radical (unpaired) electrons. The Kier molecular flexibility index (Phi) is 6.05. The van der Waals surface area contributed by atoms with Gasteiger partial charge in [0.15, 0.2) is 6.61 Å². The van der Waals surface area contributed by atoms with Crippen LogP contribution in [0.5, 0.6) is 5.75 Å². The van der Waals surface area contributed by atoms with E-state index in [1.165, 1.54) is 25.7 Å². The van der Waals surface area contributed by atoms with Gasteiger partial charge in [-0.2, -0.15) is 0 Å². The third kappa shape index (κ3) is 5.05. The molecule has 3 N–H and O–H groups in total. The molecule has 1 fully saturated rings. The second kappa shape index (κ2) is 8.03. The van der Waals surface area contributed by atoms with E-state index in [0.29, 0.717) is 18.2 Å². The molecule has 0 heterocycles. The van der Waals surface area contributed by atoms with Crippen molar-refractivity contribution in [2.45, 2.75) is 39.2 Å². The minimum atomic E-state index is -0.0551. The van der Waals surface area contributed by atoms with Gasteiger partial charge in [0.05, 0.1) is 0 Å². The molecule has 2 rings (SSSR count). The van der Waals surface area contributed by atoms with Gasteiger partial charge in [-0.15, -0.1) is 0 Å². The van der Waals surface area contributed by atoms with Crippen molar-refractivity contribution < 1.29 is 9.53 Å². The van der Waals surface area contributed by atoms with Gasteiger partial charge in [-0.1, -0.05) is 38.0 Å². The van der Waals surface area contributed by atoms with E-state index < -0.39 is 0 Å². The summed E-state index contributed by atoms with van der Waals surface area (Å²) in [6, 6.07) is 7.56. The van der Waals surface area contributed by atoms with Gasteiger partial charge in [0, 0.05) is 18.7 Å². The molecule has 1 aliphatic carbocycles. The minimum absolute atomic E-state index is 0.0551. The van der Waals surface area contributed by atoms with Gasteiger partial charge in [0.1, 0.15) is 5.75 Å². The number of para-hydroxylation sites is 1. The van der Waals surface area contributed by atoms with E-state index in [2.05, 4.69) is 12.2 Å². The van der Waals surface area contributed by atoms with Gasteiger partial charge in [-0.3, -0.25) is 4.79 Å². The molecule has 0 bridgehead atoms. The summed E-state index contributed by atoms with van der Waals surface area (Å²) in [6.07, 6.45) is 5.00. The molecule has 0 saturated heterocycles. The van der Waals surface area contributed by atoms with Gasteiger partial charge < -0.3 is 15.8 Å². The van der Waals surface area contributed by atoms with Crippen molar-refractivity contribution in [1.29, 1.82) is 0 Å². The van der Waals surface area contributed by atoms with Crippen LogP contribution < -0.4 is 15.8 Å². The lowest BCUT2D eigenvalue weighted by molar-refractivity contribution is -0.123. The molecule has 1 aromatic carbocycles. The largest absolute Gasteiger partial charge is 0.483 e. The van der Waals surface area contributed by atoms with Gasteiger partial charge in [0.25, 0.3) is 5.91 Å². The Morgan fingerprint density at radius 3 is 2.71 bits per heavy atom. The molecule has 1 amide bonds. The fourth-order valence-corrected chi connectivity index (χ4v) is 2.80. The van der Waals surface area contributed by atoms with Crippen LogP contribution in [0.1, 0.15) is 38.2 Å². The molecule has 0 aliphatic heterocycles. The SMILES string of the molecule is CC1CCC(CNC(=O)COc2ccccc2CN)CC1. The van der Waals surface area contributed by atoms with Gasteiger partial charge in [-0.25, -0.2) is 0 Å². The Morgan fingerprint density at radius 1 is 1.29 bits per heavy atom. The van der Waals surface area contributed by atoms with Crippen LogP contribution in [0.15, 0.2) is 24.3 Å². The predicted molar refractivity (Wildman–Crippen MR) is 84.0 cm³/mol. The minimum Gasteiger partial charge on any atom is -0.483 e. The maximum atomic E-state index is 11.9. The zero-order valence-corrected chi connectivity index (χ0v) is 12.8. The summed E-state index contributed by atoms with van der Waals surface area (Å²) in [5.74, 6) is 2.11. The molecule has 116 valence electrons. The van der Waals surface area contributed by atoms with E-state index in [-0.39, 0.29) is 12.5 Å². The van der Waals surface area contributed by atoms with Gasteiger partial charge in [0.2, 0.25) is 0 Å². The molecule has 1 saturated carbocycles. The summed E-state index contributed by atoms with van der Waals surface area (Å²) >= 11 is 0. The molecule has 21 heavy (non-hydrogen) atoms.